The molecule has 0 aromatic heterocycles. The van der Waals surface area contributed by atoms with Gasteiger partial charge in [0, 0.05) is 50.6 Å². The summed E-state index contributed by atoms with van der Waals surface area (Å²) in [5, 5.41) is 7.46. The zero-order chi connectivity index (χ0) is 33.6. The van der Waals surface area contributed by atoms with Crippen molar-refractivity contribution in [2.45, 2.75) is 111 Å². The number of carbonyl (C=O) groups is 6. The lowest BCUT2D eigenvalue weighted by atomic mass is 9.86. The van der Waals surface area contributed by atoms with Gasteiger partial charge in [0.05, 0.1) is 6.42 Å². The van der Waals surface area contributed by atoms with Crippen LogP contribution in [0.2, 0.25) is 18.1 Å². The second-order valence-electron chi connectivity index (χ2n) is 13.5. The van der Waals surface area contributed by atoms with Crippen molar-refractivity contribution in [2.24, 2.45) is 5.41 Å². The van der Waals surface area contributed by atoms with Crippen molar-refractivity contribution in [1.29, 1.82) is 0 Å². The number of carbonyl (C=O) groups excluding carboxylic acids is 6. The van der Waals surface area contributed by atoms with Gasteiger partial charge in [-0.3, -0.25) is 28.8 Å². The number of ether oxygens (including phenoxy) is 2. The molecule has 1 atom stereocenters. The van der Waals surface area contributed by atoms with E-state index >= 15 is 0 Å². The molecule has 0 unspecified atom stereocenters. The van der Waals surface area contributed by atoms with E-state index in [1.807, 2.05) is 0 Å². The van der Waals surface area contributed by atoms with Gasteiger partial charge in [0.25, 0.3) is 5.91 Å². The number of hydrogen-bond acceptors (Lipinski definition) is 10. The summed E-state index contributed by atoms with van der Waals surface area (Å²) >= 11 is 1.02. The predicted molar refractivity (Wildman–Crippen MR) is 169 cm³/mol. The van der Waals surface area contributed by atoms with Gasteiger partial charge in [-0.1, -0.05) is 46.4 Å². The highest BCUT2D eigenvalue weighted by Crippen LogP contribution is 2.38. The Balaban J connectivity index is 4.88. The Kier molecular flexibility index (Phi) is 16.7. The van der Waals surface area contributed by atoms with Gasteiger partial charge in [0.2, 0.25) is 11.8 Å². The number of thioether (sulfide) groups is 1. The maximum Gasteiger partial charge on any atom is 0.326 e. The van der Waals surface area contributed by atoms with Crippen LogP contribution in [0, 0.1) is 5.41 Å². The third kappa shape index (κ3) is 18.1. The van der Waals surface area contributed by atoms with Crippen LogP contribution in [-0.4, -0.2) is 86.8 Å². The topological polar surface area (TPSA) is 166 Å². The van der Waals surface area contributed by atoms with E-state index in [4.69, 9.17) is 13.9 Å². The van der Waals surface area contributed by atoms with Gasteiger partial charge >= 0.3 is 11.9 Å². The van der Waals surface area contributed by atoms with E-state index < -0.39 is 49.2 Å². The fourth-order valence-electron chi connectivity index (χ4n) is 3.10. The average molecular weight is 648 g/mol. The maximum atomic E-state index is 13.2. The van der Waals surface area contributed by atoms with E-state index in [-0.39, 0.29) is 61.6 Å². The quantitative estimate of drug-likeness (QED) is 0.121. The van der Waals surface area contributed by atoms with Crippen LogP contribution in [0.3, 0.4) is 0 Å². The Labute approximate surface area is 262 Å². The van der Waals surface area contributed by atoms with E-state index in [0.29, 0.717) is 5.75 Å². The highest BCUT2D eigenvalue weighted by atomic mass is 32.2. The minimum absolute atomic E-state index is 0.00206. The van der Waals surface area contributed by atoms with Crippen LogP contribution in [0.5, 0.6) is 0 Å². The molecule has 3 N–H and O–H groups in total. The second-order valence-corrected chi connectivity index (χ2v) is 19.5. The van der Waals surface area contributed by atoms with E-state index in [1.54, 1.807) is 34.6 Å². The summed E-state index contributed by atoms with van der Waals surface area (Å²) in [5.74, 6) is -2.20. The molecule has 43 heavy (non-hydrogen) atoms. The van der Waals surface area contributed by atoms with Crippen LogP contribution >= 0.6 is 11.8 Å². The van der Waals surface area contributed by atoms with Crippen LogP contribution in [-0.2, 0) is 42.7 Å². The van der Waals surface area contributed by atoms with Crippen LogP contribution in [0.1, 0.15) is 81.6 Å². The van der Waals surface area contributed by atoms with Gasteiger partial charge in [0.1, 0.15) is 12.1 Å². The molecule has 0 aliphatic carbocycles. The summed E-state index contributed by atoms with van der Waals surface area (Å²) in [5.41, 5.74) is -1.52. The molecule has 0 saturated heterocycles. The summed E-state index contributed by atoms with van der Waals surface area (Å²) in [4.78, 5) is 72.8. The molecule has 0 fully saturated rings. The maximum absolute atomic E-state index is 13.2. The van der Waals surface area contributed by atoms with Crippen molar-refractivity contribution in [2.75, 3.05) is 32.0 Å². The average Bonchev–Trinajstić information content (AvgIpc) is 2.84. The lowest BCUT2D eigenvalue weighted by molar-refractivity contribution is -0.164. The molecular weight excluding hydrogens is 594 g/mol. The first-order chi connectivity index (χ1) is 19.5. The summed E-state index contributed by atoms with van der Waals surface area (Å²) in [6.07, 6.45) is -1.22. The van der Waals surface area contributed by atoms with Crippen LogP contribution in [0.25, 0.3) is 0 Å². The van der Waals surface area contributed by atoms with Gasteiger partial charge in [-0.15, -0.1) is 0 Å². The van der Waals surface area contributed by atoms with Crippen LogP contribution in [0.15, 0.2) is 0 Å². The van der Waals surface area contributed by atoms with E-state index in [2.05, 4.69) is 49.8 Å². The Hall–Kier alpha value is -2.45. The zero-order valence-electron chi connectivity index (χ0n) is 27.8. The fraction of sp³-hybridized carbons (Fsp3) is 0.793. The van der Waals surface area contributed by atoms with Gasteiger partial charge in [-0.2, -0.15) is 0 Å². The van der Waals surface area contributed by atoms with Crippen molar-refractivity contribution >= 4 is 54.9 Å². The predicted octanol–water partition coefficient (Wildman–Crippen LogP) is 3.09. The van der Waals surface area contributed by atoms with Crippen molar-refractivity contribution in [3.8, 4) is 0 Å². The molecule has 0 bridgehead atoms. The third-order valence-corrected chi connectivity index (χ3v) is 12.0. The number of hydrogen-bond donors (Lipinski definition) is 3. The molecule has 248 valence electrons. The monoisotopic (exact) mass is 647 g/mol. The Morgan fingerprint density at radius 3 is 1.93 bits per heavy atom. The number of nitrogens with one attached hydrogen (secondary N) is 3. The molecule has 0 spiro atoms. The highest BCUT2D eigenvalue weighted by molar-refractivity contribution is 8.13. The number of amides is 3. The van der Waals surface area contributed by atoms with E-state index in [0.717, 1.165) is 11.8 Å². The minimum Gasteiger partial charge on any atom is -0.460 e. The van der Waals surface area contributed by atoms with Gasteiger partial charge in [-0.25, -0.2) is 0 Å². The van der Waals surface area contributed by atoms with Crippen molar-refractivity contribution in [3.05, 3.63) is 0 Å². The van der Waals surface area contributed by atoms with Crippen molar-refractivity contribution < 1.29 is 42.7 Å². The molecule has 14 heteroatoms. The van der Waals surface area contributed by atoms with Gasteiger partial charge in [-0.05, 0) is 38.9 Å². The molecule has 0 aromatic carbocycles. The van der Waals surface area contributed by atoms with E-state index in [1.165, 1.54) is 6.92 Å². The lowest BCUT2D eigenvalue weighted by Gasteiger charge is -2.40. The number of esters is 2. The Morgan fingerprint density at radius 2 is 1.40 bits per heavy atom. The van der Waals surface area contributed by atoms with Crippen LogP contribution < -0.4 is 16.0 Å². The molecule has 0 aliphatic heterocycles. The summed E-state index contributed by atoms with van der Waals surface area (Å²) < 4.78 is 17.0. The highest BCUT2D eigenvalue weighted by Gasteiger charge is 2.43. The molecule has 0 aromatic rings. The standard InChI is InChI=1S/C29H53N3O9SSi/c1-20(33)32-18-23(36)40-25(29(8,9)19-39-43(10,11)28(5,6)7)26(38)31-15-14-21(34)30-16-17-42-24(37)13-12-22(35)41-27(2,3)4/h25H,12-19H2,1-11H3,(H,30,34)(H,31,38)(H,32,33)/t25-/m0/s1. The van der Waals surface area contributed by atoms with Gasteiger partial charge in [0.15, 0.2) is 19.5 Å². The molecule has 0 saturated carbocycles. The smallest absolute Gasteiger partial charge is 0.326 e. The molecule has 0 radical (unpaired) electrons. The van der Waals surface area contributed by atoms with Crippen molar-refractivity contribution in [3.63, 3.8) is 0 Å². The van der Waals surface area contributed by atoms with Crippen molar-refractivity contribution in [1.82, 2.24) is 16.0 Å². The third-order valence-electron chi connectivity index (χ3n) is 6.58. The summed E-state index contributed by atoms with van der Waals surface area (Å²) in [6, 6.07) is 0. The first-order valence-electron chi connectivity index (χ1n) is 14.5. The molecule has 0 heterocycles. The first-order valence-corrected chi connectivity index (χ1v) is 18.4. The largest absolute Gasteiger partial charge is 0.460 e. The van der Waals surface area contributed by atoms with Crippen LogP contribution in [0.4, 0.5) is 0 Å². The lowest BCUT2D eigenvalue weighted by Crippen LogP contribution is -2.52. The fourth-order valence-corrected chi connectivity index (χ4v) is 4.94. The summed E-state index contributed by atoms with van der Waals surface area (Å²) in [7, 11) is -2.17. The number of rotatable bonds is 17. The summed E-state index contributed by atoms with van der Waals surface area (Å²) in [6.45, 7) is 20.5. The minimum atomic E-state index is -2.17. The SMILES string of the molecule is CC(=O)NCC(=O)O[C@@H](C(=O)NCCC(=O)NCCSC(=O)CCC(=O)OC(C)(C)C)C(C)(C)CO[Si](C)(C)C(C)(C)C. The molecule has 0 rings (SSSR count). The zero-order valence-corrected chi connectivity index (χ0v) is 29.6. The second kappa shape index (κ2) is 17.7. The normalized spacial score (nSPS) is 13.0. The molecule has 12 nitrogen and oxygen atoms in total. The Morgan fingerprint density at radius 1 is 0.791 bits per heavy atom. The van der Waals surface area contributed by atoms with Gasteiger partial charge < -0.3 is 29.9 Å². The molecular formula is C29H53N3O9SSi. The van der Waals surface area contributed by atoms with E-state index in [9.17, 15) is 28.8 Å². The molecule has 0 aliphatic rings. The molecule has 3 amide bonds. The Bertz CT molecular complexity index is 989. The first kappa shape index (κ1) is 40.5.